The van der Waals surface area contributed by atoms with Gasteiger partial charge in [-0.2, -0.15) is 0 Å². The highest BCUT2D eigenvalue weighted by atomic mass is 32.1. The van der Waals surface area contributed by atoms with Crippen LogP contribution < -0.4 is 5.32 Å². The van der Waals surface area contributed by atoms with Crippen LogP contribution in [0.5, 0.6) is 0 Å². The first-order chi connectivity index (χ1) is 12.2. The summed E-state index contributed by atoms with van der Waals surface area (Å²) >= 11 is 1.55. The van der Waals surface area contributed by atoms with Gasteiger partial charge in [0.2, 0.25) is 0 Å². The summed E-state index contributed by atoms with van der Waals surface area (Å²) in [6.07, 6.45) is 1.79. The molecule has 2 N–H and O–H groups in total. The smallest absolute Gasteiger partial charge is 0.290 e. The highest BCUT2D eigenvalue weighted by Crippen LogP contribution is 2.25. The zero-order valence-corrected chi connectivity index (χ0v) is 14.8. The van der Waals surface area contributed by atoms with Crippen LogP contribution in [-0.2, 0) is 11.2 Å². The molecular weight excluding hydrogens is 334 g/mol. The Kier molecular flexibility index (Phi) is 7.16. The molecule has 1 heterocycles. The summed E-state index contributed by atoms with van der Waals surface area (Å²) in [4.78, 5) is 21.6. The quantitative estimate of drug-likeness (QED) is 0.669. The Morgan fingerprint density at radius 1 is 1.16 bits per heavy atom. The van der Waals surface area contributed by atoms with Crippen LogP contribution in [-0.4, -0.2) is 23.5 Å². The van der Waals surface area contributed by atoms with Crippen molar-refractivity contribution in [1.82, 2.24) is 5.32 Å². The van der Waals surface area contributed by atoms with Crippen molar-refractivity contribution in [3.8, 4) is 0 Å². The van der Waals surface area contributed by atoms with E-state index in [1.54, 1.807) is 11.3 Å². The van der Waals surface area contributed by atoms with Crippen LogP contribution >= 0.6 is 11.3 Å². The molecule has 1 atom stereocenters. The zero-order valence-electron chi connectivity index (χ0n) is 14.0. The predicted molar refractivity (Wildman–Crippen MR) is 102 cm³/mol. The lowest BCUT2D eigenvalue weighted by molar-refractivity contribution is -0.122. The topological polar surface area (TPSA) is 66.4 Å². The van der Waals surface area contributed by atoms with Crippen molar-refractivity contribution in [3.63, 3.8) is 0 Å². The van der Waals surface area contributed by atoms with Gasteiger partial charge in [0, 0.05) is 10.7 Å². The van der Waals surface area contributed by atoms with Crippen LogP contribution in [0.4, 0.5) is 0 Å². The predicted octanol–water partition coefficient (Wildman–Crippen LogP) is 4.35. The van der Waals surface area contributed by atoms with Gasteiger partial charge in [0.1, 0.15) is 0 Å². The second kappa shape index (κ2) is 9.59. The number of thiophene rings is 1. The number of amides is 1. The minimum Gasteiger partial charge on any atom is -0.483 e. The largest absolute Gasteiger partial charge is 0.483 e. The highest BCUT2D eigenvalue weighted by molar-refractivity contribution is 7.20. The van der Waals surface area contributed by atoms with E-state index < -0.39 is 0 Å². The molecule has 0 saturated heterocycles. The number of rotatable bonds is 5. The number of benzene rings is 2. The van der Waals surface area contributed by atoms with Crippen molar-refractivity contribution in [1.29, 1.82) is 0 Å². The molecule has 1 amide bonds. The van der Waals surface area contributed by atoms with Crippen molar-refractivity contribution in [2.45, 2.75) is 25.8 Å². The van der Waals surface area contributed by atoms with Crippen LogP contribution in [0, 0.1) is 0 Å². The van der Waals surface area contributed by atoms with E-state index in [0.29, 0.717) is 0 Å². The number of carbonyl (C=O) groups is 2. The van der Waals surface area contributed by atoms with Gasteiger partial charge in [-0.25, -0.2) is 0 Å². The van der Waals surface area contributed by atoms with Crippen molar-refractivity contribution in [2.24, 2.45) is 0 Å². The molecule has 4 nitrogen and oxygen atoms in total. The fourth-order valence-electron chi connectivity index (χ4n) is 2.55. The molecule has 0 aliphatic heterocycles. The molecule has 2 aromatic carbocycles. The number of carbonyl (C=O) groups excluding carboxylic acids is 1. The molecule has 0 aliphatic rings. The van der Waals surface area contributed by atoms with Gasteiger partial charge in [0.25, 0.3) is 12.4 Å². The van der Waals surface area contributed by atoms with Crippen molar-refractivity contribution in [3.05, 3.63) is 71.1 Å². The number of carboxylic acid groups (broad SMARTS) is 1. The van der Waals surface area contributed by atoms with E-state index in [4.69, 9.17) is 9.90 Å². The van der Waals surface area contributed by atoms with E-state index >= 15 is 0 Å². The molecule has 1 aromatic heterocycles. The first-order valence-corrected chi connectivity index (χ1v) is 8.90. The third-order valence-electron chi connectivity index (χ3n) is 3.80. The molecule has 0 fully saturated rings. The van der Waals surface area contributed by atoms with E-state index in [9.17, 15) is 4.79 Å². The molecule has 3 aromatic rings. The highest BCUT2D eigenvalue weighted by Gasteiger charge is 2.15. The van der Waals surface area contributed by atoms with Crippen LogP contribution in [0.1, 0.15) is 28.6 Å². The fourth-order valence-corrected chi connectivity index (χ4v) is 3.51. The summed E-state index contributed by atoms with van der Waals surface area (Å²) in [5.74, 6) is 0.0315. The Hall–Kier alpha value is -2.66. The molecule has 3 rings (SSSR count). The number of hydrogen-bond donors (Lipinski definition) is 2. The van der Waals surface area contributed by atoms with Gasteiger partial charge < -0.3 is 10.4 Å². The lowest BCUT2D eigenvalue weighted by Crippen LogP contribution is -2.35. The van der Waals surface area contributed by atoms with E-state index in [2.05, 4.69) is 30.4 Å². The van der Waals surface area contributed by atoms with Gasteiger partial charge in [-0.05, 0) is 35.9 Å². The molecular formula is C20H21NO3S. The minimum absolute atomic E-state index is 0.0315. The normalized spacial score (nSPS) is 11.2. The van der Waals surface area contributed by atoms with Gasteiger partial charge in [-0.1, -0.05) is 55.5 Å². The molecule has 0 bridgehead atoms. The molecule has 0 aliphatic carbocycles. The minimum atomic E-state index is -0.250. The van der Waals surface area contributed by atoms with Gasteiger partial charge in [0.15, 0.2) is 0 Å². The molecule has 0 unspecified atom stereocenters. The monoisotopic (exact) mass is 355 g/mol. The van der Waals surface area contributed by atoms with E-state index in [1.807, 2.05) is 42.5 Å². The van der Waals surface area contributed by atoms with E-state index in [0.717, 1.165) is 27.8 Å². The van der Waals surface area contributed by atoms with E-state index in [-0.39, 0.29) is 18.4 Å². The summed E-state index contributed by atoms with van der Waals surface area (Å²) in [7, 11) is 0. The molecule has 130 valence electrons. The maximum Gasteiger partial charge on any atom is 0.290 e. The molecule has 0 saturated carbocycles. The summed E-state index contributed by atoms with van der Waals surface area (Å²) in [6.45, 7) is 1.86. The zero-order chi connectivity index (χ0) is 18.1. The number of hydrogen-bond acceptors (Lipinski definition) is 3. The van der Waals surface area contributed by atoms with Gasteiger partial charge >= 0.3 is 0 Å². The Labute approximate surface area is 151 Å². The average molecular weight is 355 g/mol. The van der Waals surface area contributed by atoms with Crippen LogP contribution in [0.2, 0.25) is 0 Å². The van der Waals surface area contributed by atoms with Crippen LogP contribution in [0.25, 0.3) is 10.1 Å². The third-order valence-corrected chi connectivity index (χ3v) is 4.92. The number of nitrogens with one attached hydrogen (secondary N) is 1. The van der Waals surface area contributed by atoms with Crippen molar-refractivity contribution < 1.29 is 14.7 Å². The van der Waals surface area contributed by atoms with Crippen molar-refractivity contribution >= 4 is 33.8 Å². The Balaban J connectivity index is 0.000000701. The Morgan fingerprint density at radius 3 is 2.44 bits per heavy atom. The standard InChI is InChI=1S/C19H19NOS.CH2O2/c1-2-16(12-14-8-4-3-5-9-14)20-19(21)18-13-15-10-6-7-11-17(15)22-18;2-1-3/h3-11,13,16H,2,12H2,1H3,(H,20,21);1H,(H,2,3)/t16-;/m0./s1. The molecule has 25 heavy (non-hydrogen) atoms. The molecule has 0 spiro atoms. The van der Waals surface area contributed by atoms with Gasteiger partial charge in [0.05, 0.1) is 4.88 Å². The van der Waals surface area contributed by atoms with Crippen LogP contribution in [0.3, 0.4) is 0 Å². The summed E-state index contributed by atoms with van der Waals surface area (Å²) in [5.41, 5.74) is 1.26. The lowest BCUT2D eigenvalue weighted by atomic mass is 10.0. The Bertz CT molecular complexity index is 781. The first-order valence-electron chi connectivity index (χ1n) is 8.09. The first kappa shape index (κ1) is 18.7. The third kappa shape index (κ3) is 5.43. The SMILES string of the molecule is CC[C@@H](Cc1ccccc1)NC(=O)c1cc2ccccc2s1.O=CO. The summed E-state index contributed by atoms with van der Waals surface area (Å²) < 4.78 is 1.16. The van der Waals surface area contributed by atoms with Gasteiger partial charge in [-0.3, -0.25) is 9.59 Å². The average Bonchev–Trinajstić information content (AvgIpc) is 3.07. The maximum absolute atomic E-state index is 12.5. The van der Waals surface area contributed by atoms with Crippen LogP contribution in [0.15, 0.2) is 60.7 Å². The summed E-state index contributed by atoms with van der Waals surface area (Å²) in [6, 6.07) is 20.5. The summed E-state index contributed by atoms with van der Waals surface area (Å²) in [5, 5.41) is 11.2. The molecule has 5 heteroatoms. The second-order valence-electron chi connectivity index (χ2n) is 5.52. The van der Waals surface area contributed by atoms with E-state index in [1.165, 1.54) is 5.56 Å². The fraction of sp³-hybridized carbons (Fsp3) is 0.200. The molecule has 0 radical (unpaired) electrons. The second-order valence-corrected chi connectivity index (χ2v) is 6.61. The Morgan fingerprint density at radius 2 is 1.80 bits per heavy atom. The lowest BCUT2D eigenvalue weighted by Gasteiger charge is -2.16. The maximum atomic E-state index is 12.5. The van der Waals surface area contributed by atoms with Crippen molar-refractivity contribution in [2.75, 3.05) is 0 Å². The van der Waals surface area contributed by atoms with Gasteiger partial charge in [-0.15, -0.1) is 11.3 Å². The number of fused-ring (bicyclic) bond motifs is 1.